The molecule has 16 heteroatoms. The van der Waals surface area contributed by atoms with E-state index in [1.54, 1.807) is 53.4 Å². The molecule has 0 saturated carbocycles. The number of ether oxygens (including phenoxy) is 1. The molecular weight excluding hydrogens is 637 g/mol. The summed E-state index contributed by atoms with van der Waals surface area (Å²) in [5, 5.41) is 35.5. The van der Waals surface area contributed by atoms with Gasteiger partial charge in [0.25, 0.3) is 0 Å². The highest BCUT2D eigenvalue weighted by Gasteiger charge is 2.41. The predicted molar refractivity (Wildman–Crippen MR) is 172 cm³/mol. The van der Waals surface area contributed by atoms with Crippen molar-refractivity contribution in [2.45, 2.75) is 42.7 Å². The number of methoxy groups -OCH3 is 1. The molecule has 3 aromatic rings. The first-order valence-corrected chi connectivity index (χ1v) is 15.1. The van der Waals surface area contributed by atoms with Crippen LogP contribution in [0.25, 0.3) is 11.8 Å². The lowest BCUT2D eigenvalue weighted by atomic mass is 9.88. The smallest absolute Gasteiger partial charge is 0.411 e. The Hall–Kier alpha value is -4.66. The lowest BCUT2D eigenvalue weighted by Gasteiger charge is -2.36. The van der Waals surface area contributed by atoms with Crippen molar-refractivity contribution in [3.05, 3.63) is 71.0 Å². The number of aliphatic hydroxyl groups excluding tert-OH is 1. The van der Waals surface area contributed by atoms with Crippen LogP contribution in [-0.4, -0.2) is 97.3 Å². The second kappa shape index (κ2) is 14.6. The van der Waals surface area contributed by atoms with Crippen molar-refractivity contribution in [1.29, 1.82) is 0 Å². The summed E-state index contributed by atoms with van der Waals surface area (Å²) in [4.78, 5) is 38.7. The fourth-order valence-corrected chi connectivity index (χ4v) is 5.59. The number of rotatable bonds is 9. The first kappa shape index (κ1) is 32.7. The molecule has 1 saturated heterocycles. The molecule has 0 spiro atoms. The van der Waals surface area contributed by atoms with Gasteiger partial charge in [0.2, 0.25) is 11.8 Å². The number of anilines is 1. The Morgan fingerprint density at radius 2 is 1.93 bits per heavy atom. The Balaban J connectivity index is 1.36. The van der Waals surface area contributed by atoms with Crippen molar-refractivity contribution in [3.8, 4) is 5.69 Å². The van der Waals surface area contributed by atoms with Crippen LogP contribution in [0.1, 0.15) is 36.8 Å². The number of nitrogens with one attached hydrogen (secondary N) is 2. The van der Waals surface area contributed by atoms with Crippen LogP contribution in [0.15, 0.2) is 65.1 Å². The number of nitrogens with zero attached hydrogens (tertiary/aromatic N) is 7. The molecule has 2 aliphatic rings. The number of aliphatic hydroxyl groups is 1. The Kier molecular flexibility index (Phi) is 10.4. The van der Waals surface area contributed by atoms with E-state index < -0.39 is 29.0 Å². The summed E-state index contributed by atoms with van der Waals surface area (Å²) in [6.07, 6.45) is 5.64. The maximum Gasteiger partial charge on any atom is 0.411 e. The first-order valence-electron chi connectivity index (χ1n) is 14.4. The number of hydrogen-bond acceptors (Lipinski definition) is 10. The van der Waals surface area contributed by atoms with Gasteiger partial charge in [0, 0.05) is 48.3 Å². The number of amides is 3. The summed E-state index contributed by atoms with van der Waals surface area (Å²) in [6, 6.07) is 11.0. The topological polar surface area (TPSA) is 176 Å². The third-order valence-corrected chi connectivity index (χ3v) is 8.36. The van der Waals surface area contributed by atoms with Crippen LogP contribution in [0.5, 0.6) is 0 Å². The minimum Gasteiger partial charge on any atom is -0.453 e. The van der Waals surface area contributed by atoms with Crippen LogP contribution < -0.4 is 10.6 Å². The zero-order chi connectivity index (χ0) is 32.7. The molecule has 1 fully saturated rings. The molecule has 2 aromatic carbocycles. The minimum atomic E-state index is -1.32. The van der Waals surface area contributed by atoms with Crippen LogP contribution >= 0.6 is 23.2 Å². The maximum atomic E-state index is 13.4. The van der Waals surface area contributed by atoms with Gasteiger partial charge in [-0.05, 0) is 65.2 Å². The van der Waals surface area contributed by atoms with Gasteiger partial charge in [0.05, 0.1) is 36.9 Å². The number of halogens is 2. The van der Waals surface area contributed by atoms with Gasteiger partial charge in [-0.15, -0.1) is 16.7 Å². The van der Waals surface area contributed by atoms with Crippen molar-refractivity contribution in [2.24, 2.45) is 10.2 Å². The Bertz CT molecular complexity index is 1660. The predicted octanol–water partition coefficient (Wildman–Crippen LogP) is 3.22. The van der Waals surface area contributed by atoms with E-state index in [0.29, 0.717) is 59.2 Å². The van der Waals surface area contributed by atoms with E-state index in [-0.39, 0.29) is 18.7 Å². The lowest BCUT2D eigenvalue weighted by molar-refractivity contribution is -0.134. The van der Waals surface area contributed by atoms with E-state index >= 15 is 0 Å². The van der Waals surface area contributed by atoms with Gasteiger partial charge in [-0.25, -0.2) is 4.79 Å². The number of likely N-dealkylation sites (tertiary alicyclic amines) is 1. The average molecular weight is 669 g/mol. The van der Waals surface area contributed by atoms with E-state index in [0.717, 1.165) is 0 Å². The molecule has 2 aliphatic heterocycles. The maximum absolute atomic E-state index is 13.4. The third-order valence-electron chi connectivity index (χ3n) is 7.63. The fraction of sp³-hybridized carbons (Fsp3) is 0.333. The zero-order valence-electron chi connectivity index (χ0n) is 24.7. The molecule has 2 unspecified atom stereocenters. The third kappa shape index (κ3) is 8.13. The number of hydrogen-bond donors (Lipinski definition) is 3. The van der Waals surface area contributed by atoms with Crippen molar-refractivity contribution in [3.63, 3.8) is 0 Å². The zero-order valence-corrected chi connectivity index (χ0v) is 26.2. The molecule has 0 radical (unpaired) electrons. The lowest BCUT2D eigenvalue weighted by Crippen LogP contribution is -2.54. The van der Waals surface area contributed by atoms with E-state index in [2.05, 4.69) is 41.1 Å². The standard InChI is InChI=1S/C30H31Cl2N9O5/c1-46-29(45)35-22-6-2-19(3-7-22)24-16-30(32,17-33-37-24)26(15-28(44)40-12-10-23(42)11-13-40)36-27(43)9-4-20-14-21(31)5-8-25(20)41-18-34-38-39-41/h2-9,14,17-18,23,26,42H,10-13,15-16H2,1H3,(H,35,45)(H,36,43)/b9-4+. The van der Waals surface area contributed by atoms with Crippen molar-refractivity contribution < 1.29 is 24.2 Å². The van der Waals surface area contributed by atoms with E-state index in [4.69, 9.17) is 23.2 Å². The molecule has 3 heterocycles. The van der Waals surface area contributed by atoms with Gasteiger partial charge < -0.3 is 20.1 Å². The second-order valence-electron chi connectivity index (χ2n) is 10.8. The number of carbonyl (C=O) groups is 3. The Labute approximate surface area is 274 Å². The van der Waals surface area contributed by atoms with Crippen LogP contribution in [0, 0.1) is 0 Å². The minimum absolute atomic E-state index is 0.118. The van der Waals surface area contributed by atoms with Crippen LogP contribution in [0.2, 0.25) is 5.02 Å². The Morgan fingerprint density at radius 3 is 2.63 bits per heavy atom. The fourth-order valence-electron chi connectivity index (χ4n) is 5.10. The van der Waals surface area contributed by atoms with Crippen LogP contribution in [-0.2, 0) is 14.3 Å². The monoisotopic (exact) mass is 667 g/mol. The van der Waals surface area contributed by atoms with Gasteiger partial charge in [-0.3, -0.25) is 14.9 Å². The quantitative estimate of drug-likeness (QED) is 0.230. The second-order valence-corrected chi connectivity index (χ2v) is 11.9. The number of tetrazole rings is 1. The molecule has 3 amide bonds. The van der Waals surface area contributed by atoms with Gasteiger partial charge >= 0.3 is 6.09 Å². The summed E-state index contributed by atoms with van der Waals surface area (Å²) in [7, 11) is 1.27. The highest BCUT2D eigenvalue weighted by atomic mass is 35.5. The van der Waals surface area contributed by atoms with Crippen LogP contribution in [0.3, 0.4) is 0 Å². The number of piperidine rings is 1. The normalized spacial score (nSPS) is 19.0. The molecule has 0 bridgehead atoms. The molecular formula is C30H31Cl2N9O5. The number of benzene rings is 2. The number of carbonyl (C=O) groups excluding carboxylic acids is 3. The summed E-state index contributed by atoms with van der Waals surface area (Å²) < 4.78 is 6.07. The molecule has 14 nitrogen and oxygen atoms in total. The van der Waals surface area contributed by atoms with E-state index in [9.17, 15) is 19.5 Å². The van der Waals surface area contributed by atoms with Crippen molar-refractivity contribution in [1.82, 2.24) is 30.4 Å². The van der Waals surface area contributed by atoms with Gasteiger partial charge in [0.15, 0.2) is 0 Å². The first-order chi connectivity index (χ1) is 22.1. The van der Waals surface area contributed by atoms with Crippen molar-refractivity contribution >= 4 is 64.8 Å². The molecule has 0 aliphatic carbocycles. The largest absolute Gasteiger partial charge is 0.453 e. The Morgan fingerprint density at radius 1 is 1.17 bits per heavy atom. The van der Waals surface area contributed by atoms with E-state index in [1.807, 2.05) is 0 Å². The molecule has 1 aromatic heterocycles. The molecule has 240 valence electrons. The van der Waals surface area contributed by atoms with Gasteiger partial charge in [-0.2, -0.15) is 14.9 Å². The summed E-state index contributed by atoms with van der Waals surface area (Å²) in [5.41, 5.74) is 2.91. The molecule has 5 rings (SSSR count). The van der Waals surface area contributed by atoms with E-state index in [1.165, 1.54) is 30.4 Å². The summed E-state index contributed by atoms with van der Waals surface area (Å²) >= 11 is 13.4. The van der Waals surface area contributed by atoms with Crippen molar-refractivity contribution in [2.75, 3.05) is 25.5 Å². The molecule has 3 N–H and O–H groups in total. The number of aromatic nitrogens is 4. The summed E-state index contributed by atoms with van der Waals surface area (Å²) in [5.74, 6) is -0.724. The highest BCUT2D eigenvalue weighted by molar-refractivity contribution is 6.35. The molecule has 2 atom stereocenters. The summed E-state index contributed by atoms with van der Waals surface area (Å²) in [6.45, 7) is 0.800. The average Bonchev–Trinajstić information content (AvgIpc) is 3.59. The van der Waals surface area contributed by atoms with Gasteiger partial charge in [-0.1, -0.05) is 23.7 Å². The highest BCUT2D eigenvalue weighted by Crippen LogP contribution is 2.31. The van der Waals surface area contributed by atoms with Crippen LogP contribution in [0.4, 0.5) is 10.5 Å². The SMILES string of the molecule is COC(=O)Nc1ccc(C2=NN=CC(Cl)(C(CC(=O)N3CCC(O)CC3)NC(=O)/C=C/c3cc(Cl)ccc3-n3cnnn3)C2)cc1. The van der Waals surface area contributed by atoms with Gasteiger partial charge in [0.1, 0.15) is 11.2 Å². The number of alkyl halides is 1. The molecule has 46 heavy (non-hydrogen) atoms.